The standard InChI is InChI=1S/C16H22N2O4S/c1-2-17-23(21,22)13-4-3-12-5-8-18(14(12)9-13)11-16(6-7-16)10-15(19)20/h3-4,9,17H,2,5-8,10-11H2,1H3,(H,19,20). The smallest absolute Gasteiger partial charge is 0.303 e. The van der Waals surface area contributed by atoms with Crippen molar-refractivity contribution in [1.29, 1.82) is 0 Å². The van der Waals surface area contributed by atoms with Crippen LogP contribution >= 0.6 is 0 Å². The van der Waals surface area contributed by atoms with Crippen LogP contribution in [0.25, 0.3) is 0 Å². The van der Waals surface area contributed by atoms with Gasteiger partial charge in [0.15, 0.2) is 0 Å². The van der Waals surface area contributed by atoms with Gasteiger partial charge in [-0.05, 0) is 42.4 Å². The van der Waals surface area contributed by atoms with Crippen LogP contribution in [0.5, 0.6) is 0 Å². The van der Waals surface area contributed by atoms with E-state index in [2.05, 4.69) is 9.62 Å². The molecule has 7 heteroatoms. The van der Waals surface area contributed by atoms with Crippen molar-refractivity contribution < 1.29 is 18.3 Å². The number of carbonyl (C=O) groups is 1. The second-order valence-electron chi connectivity index (χ2n) is 6.53. The second-order valence-corrected chi connectivity index (χ2v) is 8.30. The first kappa shape index (κ1) is 16.3. The summed E-state index contributed by atoms with van der Waals surface area (Å²) in [5.41, 5.74) is 1.93. The van der Waals surface area contributed by atoms with Gasteiger partial charge in [-0.2, -0.15) is 0 Å². The summed E-state index contributed by atoms with van der Waals surface area (Å²) >= 11 is 0. The van der Waals surface area contributed by atoms with Crippen molar-refractivity contribution in [2.75, 3.05) is 24.5 Å². The quantitative estimate of drug-likeness (QED) is 0.789. The molecule has 3 rings (SSSR count). The van der Waals surface area contributed by atoms with Gasteiger partial charge >= 0.3 is 5.97 Å². The van der Waals surface area contributed by atoms with E-state index in [4.69, 9.17) is 5.11 Å². The Bertz CT molecular complexity index is 726. The van der Waals surface area contributed by atoms with Crippen LogP contribution in [0.2, 0.25) is 0 Å². The molecule has 1 aromatic carbocycles. The number of nitrogens with zero attached hydrogens (tertiary/aromatic N) is 1. The SMILES string of the molecule is CCNS(=O)(=O)c1ccc2c(c1)N(CC1(CC(=O)O)CC1)CC2. The Morgan fingerprint density at radius 1 is 1.39 bits per heavy atom. The van der Waals surface area contributed by atoms with Crippen LogP contribution in [0, 0.1) is 5.41 Å². The Morgan fingerprint density at radius 2 is 2.13 bits per heavy atom. The van der Waals surface area contributed by atoms with Gasteiger partial charge in [0, 0.05) is 25.3 Å². The average molecular weight is 338 g/mol. The fraction of sp³-hybridized carbons (Fsp3) is 0.562. The third-order valence-electron chi connectivity index (χ3n) is 4.70. The summed E-state index contributed by atoms with van der Waals surface area (Å²) in [5.74, 6) is -0.759. The van der Waals surface area contributed by atoms with E-state index in [0.717, 1.165) is 37.1 Å². The monoisotopic (exact) mass is 338 g/mol. The predicted octanol–water partition coefficient (Wildman–Crippen LogP) is 1.60. The van der Waals surface area contributed by atoms with Gasteiger partial charge in [0.25, 0.3) is 0 Å². The Hall–Kier alpha value is -1.60. The van der Waals surface area contributed by atoms with Gasteiger partial charge in [0.05, 0.1) is 11.3 Å². The van der Waals surface area contributed by atoms with Gasteiger partial charge in [-0.1, -0.05) is 13.0 Å². The molecule has 0 saturated heterocycles. The lowest BCUT2D eigenvalue weighted by atomic mass is 10.0. The number of sulfonamides is 1. The van der Waals surface area contributed by atoms with E-state index in [-0.39, 0.29) is 16.7 Å². The van der Waals surface area contributed by atoms with Gasteiger partial charge in [-0.3, -0.25) is 4.79 Å². The summed E-state index contributed by atoms with van der Waals surface area (Å²) < 4.78 is 26.9. The van der Waals surface area contributed by atoms with E-state index in [1.165, 1.54) is 0 Å². The molecule has 126 valence electrons. The van der Waals surface area contributed by atoms with Crippen molar-refractivity contribution in [2.45, 2.75) is 37.5 Å². The molecule has 0 unspecified atom stereocenters. The maximum absolute atomic E-state index is 12.2. The van der Waals surface area contributed by atoms with Crippen LogP contribution < -0.4 is 9.62 Å². The average Bonchev–Trinajstić information content (AvgIpc) is 3.09. The molecule has 2 aliphatic rings. The molecule has 0 atom stereocenters. The molecule has 1 aliphatic heterocycles. The van der Waals surface area contributed by atoms with Crippen LogP contribution in [0.3, 0.4) is 0 Å². The molecule has 1 aromatic rings. The lowest BCUT2D eigenvalue weighted by molar-refractivity contribution is -0.138. The minimum atomic E-state index is -3.47. The summed E-state index contributed by atoms with van der Waals surface area (Å²) in [6.45, 7) is 3.61. The summed E-state index contributed by atoms with van der Waals surface area (Å²) in [7, 11) is -3.47. The highest BCUT2D eigenvalue weighted by molar-refractivity contribution is 7.89. The summed E-state index contributed by atoms with van der Waals surface area (Å²) in [5, 5.41) is 9.06. The number of anilines is 1. The lowest BCUT2D eigenvalue weighted by Crippen LogP contribution is -2.30. The number of carboxylic acid groups (broad SMARTS) is 1. The van der Waals surface area contributed by atoms with Gasteiger partial charge in [0.2, 0.25) is 10.0 Å². The molecule has 6 nitrogen and oxygen atoms in total. The van der Waals surface area contributed by atoms with E-state index >= 15 is 0 Å². The fourth-order valence-electron chi connectivity index (χ4n) is 3.32. The first-order chi connectivity index (χ1) is 10.9. The highest BCUT2D eigenvalue weighted by atomic mass is 32.2. The van der Waals surface area contributed by atoms with Crippen LogP contribution in [0.15, 0.2) is 23.1 Å². The molecular weight excluding hydrogens is 316 g/mol. The maximum atomic E-state index is 12.2. The van der Waals surface area contributed by atoms with E-state index in [9.17, 15) is 13.2 Å². The summed E-state index contributed by atoms with van der Waals surface area (Å²) in [6.07, 6.45) is 2.93. The lowest BCUT2D eigenvalue weighted by Gasteiger charge is -2.25. The van der Waals surface area contributed by atoms with Crippen molar-refractivity contribution in [3.05, 3.63) is 23.8 Å². The second kappa shape index (κ2) is 5.79. The third kappa shape index (κ3) is 3.35. The van der Waals surface area contributed by atoms with Crippen LogP contribution in [-0.2, 0) is 21.2 Å². The molecule has 2 N–H and O–H groups in total. The maximum Gasteiger partial charge on any atom is 0.303 e. The molecule has 23 heavy (non-hydrogen) atoms. The molecule has 1 fully saturated rings. The Morgan fingerprint density at radius 3 is 2.74 bits per heavy atom. The van der Waals surface area contributed by atoms with Gasteiger partial charge in [-0.15, -0.1) is 0 Å². The number of nitrogens with one attached hydrogen (secondary N) is 1. The van der Waals surface area contributed by atoms with Crippen molar-refractivity contribution in [1.82, 2.24) is 4.72 Å². The van der Waals surface area contributed by atoms with Crippen LogP contribution in [-0.4, -0.2) is 39.1 Å². The van der Waals surface area contributed by atoms with E-state index in [0.29, 0.717) is 13.1 Å². The van der Waals surface area contributed by atoms with Crippen molar-refractivity contribution in [2.24, 2.45) is 5.41 Å². The van der Waals surface area contributed by atoms with Gasteiger partial charge in [0.1, 0.15) is 0 Å². The number of fused-ring (bicyclic) bond motifs is 1. The summed E-state index contributed by atoms with van der Waals surface area (Å²) in [6, 6.07) is 5.23. The first-order valence-corrected chi connectivity index (χ1v) is 9.43. The van der Waals surface area contributed by atoms with Crippen LogP contribution in [0.4, 0.5) is 5.69 Å². The van der Waals surface area contributed by atoms with E-state index < -0.39 is 16.0 Å². The number of rotatable bonds is 7. The predicted molar refractivity (Wildman–Crippen MR) is 87.1 cm³/mol. The zero-order valence-corrected chi connectivity index (χ0v) is 14.0. The van der Waals surface area contributed by atoms with E-state index in [1.807, 2.05) is 6.07 Å². The molecule has 0 aromatic heterocycles. The van der Waals surface area contributed by atoms with Crippen molar-refractivity contribution in [3.63, 3.8) is 0 Å². The topological polar surface area (TPSA) is 86.7 Å². The molecular formula is C16H22N2O4S. The van der Waals surface area contributed by atoms with Crippen molar-refractivity contribution in [3.8, 4) is 0 Å². The highest BCUT2D eigenvalue weighted by Crippen LogP contribution is 2.50. The molecule has 1 aliphatic carbocycles. The molecule has 1 heterocycles. The molecule has 0 amide bonds. The Kier molecular flexibility index (Phi) is 4.10. The number of hydrogen-bond acceptors (Lipinski definition) is 4. The molecule has 0 radical (unpaired) electrons. The van der Waals surface area contributed by atoms with Gasteiger partial charge < -0.3 is 10.0 Å². The zero-order chi connectivity index (χ0) is 16.7. The Labute approximate surface area is 136 Å². The Balaban J connectivity index is 1.83. The molecule has 1 saturated carbocycles. The number of benzene rings is 1. The fourth-order valence-corrected chi connectivity index (χ4v) is 4.38. The zero-order valence-electron chi connectivity index (χ0n) is 13.2. The minimum absolute atomic E-state index is 0.135. The minimum Gasteiger partial charge on any atom is -0.481 e. The van der Waals surface area contributed by atoms with E-state index in [1.54, 1.807) is 19.1 Å². The number of aliphatic carboxylic acids is 1. The molecule has 0 spiro atoms. The third-order valence-corrected chi connectivity index (χ3v) is 6.25. The normalized spacial score (nSPS) is 18.7. The first-order valence-electron chi connectivity index (χ1n) is 7.95. The van der Waals surface area contributed by atoms with Gasteiger partial charge in [-0.25, -0.2) is 13.1 Å². The number of carboxylic acids is 1. The van der Waals surface area contributed by atoms with Crippen LogP contribution in [0.1, 0.15) is 31.7 Å². The molecule has 0 bridgehead atoms. The largest absolute Gasteiger partial charge is 0.481 e. The number of hydrogen-bond donors (Lipinski definition) is 2. The summed E-state index contributed by atoms with van der Waals surface area (Å²) in [4.78, 5) is 13.4. The van der Waals surface area contributed by atoms with Crippen molar-refractivity contribution >= 4 is 21.7 Å². The highest BCUT2D eigenvalue weighted by Gasteiger charge is 2.46.